The number of carbonyl (C=O) groups excluding carboxylic acids is 2. The van der Waals surface area contributed by atoms with E-state index >= 15 is 0 Å². The Bertz CT molecular complexity index is 1270. The van der Waals surface area contributed by atoms with E-state index in [1.54, 1.807) is 24.0 Å². The molecule has 0 bridgehead atoms. The topological polar surface area (TPSA) is 157 Å². The number of aliphatic hydroxyl groups is 1. The lowest BCUT2D eigenvalue weighted by Crippen LogP contribution is -2.63. The molecule has 4 heterocycles. The lowest BCUT2D eigenvalue weighted by molar-refractivity contribution is -0.384. The van der Waals surface area contributed by atoms with Gasteiger partial charge in [0.2, 0.25) is 5.91 Å². The Balaban J connectivity index is 1.31. The summed E-state index contributed by atoms with van der Waals surface area (Å²) in [5.41, 5.74) is 0.570. The molecule has 0 saturated carbocycles. The highest BCUT2D eigenvalue weighted by Crippen LogP contribution is 2.52. The first-order valence-electron chi connectivity index (χ1n) is 14.2. The number of fused-ring (bicyclic) bond motifs is 1. The Morgan fingerprint density at radius 2 is 1.86 bits per heavy atom. The number of carbonyl (C=O) groups is 3. The SMILES string of the molecule is C[C@@H](O)[C@H]1C(=O)N2C(C(=O)O)=C(S[C@H]3C[C@@H](CN4CCN(C)CC4)N(C(=O)OCc4ccc([N+](=O)[O-])cc4)C3)[C@H](C)[C@H]12. The van der Waals surface area contributed by atoms with Crippen LogP contribution in [-0.2, 0) is 20.9 Å². The minimum absolute atomic E-state index is 0.0192. The van der Waals surface area contributed by atoms with Gasteiger partial charge in [-0.3, -0.25) is 19.8 Å². The number of thioether (sulfide) groups is 1. The van der Waals surface area contributed by atoms with Gasteiger partial charge in [-0.2, -0.15) is 0 Å². The van der Waals surface area contributed by atoms with E-state index in [4.69, 9.17) is 4.74 Å². The summed E-state index contributed by atoms with van der Waals surface area (Å²) in [5.74, 6) is -2.43. The number of hydrogen-bond acceptors (Lipinski definition) is 10. The van der Waals surface area contributed by atoms with Gasteiger partial charge in [0.1, 0.15) is 12.3 Å². The van der Waals surface area contributed by atoms with Crippen molar-refractivity contribution in [1.82, 2.24) is 19.6 Å². The maximum absolute atomic E-state index is 13.4. The quantitative estimate of drug-likeness (QED) is 0.241. The van der Waals surface area contributed by atoms with Crippen molar-refractivity contribution in [2.75, 3.05) is 46.3 Å². The van der Waals surface area contributed by atoms with Crippen LogP contribution in [0.4, 0.5) is 10.5 Å². The number of likely N-dealkylation sites (tertiary alicyclic amines) is 1. The van der Waals surface area contributed by atoms with E-state index in [0.29, 0.717) is 30.0 Å². The molecule has 228 valence electrons. The molecule has 0 spiro atoms. The van der Waals surface area contributed by atoms with Crippen molar-refractivity contribution in [1.29, 1.82) is 0 Å². The number of nitrogens with zero attached hydrogens (tertiary/aromatic N) is 5. The Kier molecular flexibility index (Phi) is 8.78. The number of piperazine rings is 1. The van der Waals surface area contributed by atoms with Crippen LogP contribution >= 0.6 is 11.8 Å². The molecule has 0 unspecified atom stereocenters. The second-order valence-corrected chi connectivity index (χ2v) is 13.0. The van der Waals surface area contributed by atoms with E-state index in [0.717, 1.165) is 26.2 Å². The van der Waals surface area contributed by atoms with Crippen molar-refractivity contribution in [3.05, 3.63) is 50.5 Å². The fraction of sp³-hybridized carbons (Fsp3) is 0.607. The third-order valence-corrected chi connectivity index (χ3v) is 10.3. The largest absolute Gasteiger partial charge is 0.477 e. The first-order valence-corrected chi connectivity index (χ1v) is 15.1. The van der Waals surface area contributed by atoms with Crippen molar-refractivity contribution in [3.8, 4) is 0 Å². The van der Waals surface area contributed by atoms with Crippen LogP contribution in [0.25, 0.3) is 0 Å². The summed E-state index contributed by atoms with van der Waals surface area (Å²) in [6, 6.07) is 5.31. The zero-order chi connectivity index (χ0) is 30.3. The first-order chi connectivity index (χ1) is 20.0. The Labute approximate surface area is 248 Å². The molecular formula is C28H37N5O8S. The summed E-state index contributed by atoms with van der Waals surface area (Å²) in [4.78, 5) is 57.1. The van der Waals surface area contributed by atoms with Gasteiger partial charge in [0.25, 0.3) is 5.69 Å². The highest BCUT2D eigenvalue weighted by Gasteiger charge is 2.60. The number of β-lactam (4-membered cyclic amide) rings is 1. The Morgan fingerprint density at radius 1 is 1.19 bits per heavy atom. The molecule has 4 aliphatic heterocycles. The molecule has 4 aliphatic rings. The Morgan fingerprint density at radius 3 is 2.45 bits per heavy atom. The highest BCUT2D eigenvalue weighted by molar-refractivity contribution is 8.03. The van der Waals surface area contributed by atoms with Gasteiger partial charge >= 0.3 is 12.1 Å². The molecule has 6 atom stereocenters. The van der Waals surface area contributed by atoms with E-state index in [1.807, 2.05) is 6.92 Å². The smallest absolute Gasteiger partial charge is 0.410 e. The maximum Gasteiger partial charge on any atom is 0.410 e. The predicted molar refractivity (Wildman–Crippen MR) is 153 cm³/mol. The lowest BCUT2D eigenvalue weighted by atomic mass is 9.79. The number of hydrogen-bond donors (Lipinski definition) is 2. The van der Waals surface area contributed by atoms with Gasteiger partial charge in [-0.15, -0.1) is 11.8 Å². The van der Waals surface area contributed by atoms with Crippen LogP contribution in [0.2, 0.25) is 0 Å². The molecule has 13 nitrogen and oxygen atoms in total. The number of amides is 2. The summed E-state index contributed by atoms with van der Waals surface area (Å²) in [5, 5.41) is 31.0. The second-order valence-electron chi connectivity index (χ2n) is 11.6. The number of benzene rings is 1. The zero-order valence-corrected chi connectivity index (χ0v) is 24.7. The van der Waals surface area contributed by atoms with E-state index in [2.05, 4.69) is 16.8 Å². The number of aliphatic hydroxyl groups excluding tert-OH is 1. The number of nitro benzene ring substituents is 1. The van der Waals surface area contributed by atoms with Gasteiger partial charge in [-0.1, -0.05) is 6.92 Å². The van der Waals surface area contributed by atoms with Crippen molar-refractivity contribution in [3.63, 3.8) is 0 Å². The van der Waals surface area contributed by atoms with Gasteiger partial charge in [-0.05, 0) is 38.1 Å². The van der Waals surface area contributed by atoms with Gasteiger partial charge in [0.05, 0.1) is 23.0 Å². The minimum atomic E-state index is -1.17. The van der Waals surface area contributed by atoms with Gasteiger partial charge in [-0.25, -0.2) is 9.59 Å². The predicted octanol–water partition coefficient (Wildman–Crippen LogP) is 1.81. The van der Waals surface area contributed by atoms with Crippen LogP contribution in [0.3, 0.4) is 0 Å². The number of nitro groups is 1. The molecule has 1 aromatic rings. The number of ether oxygens (including phenoxy) is 1. The maximum atomic E-state index is 13.4. The number of carboxylic acids is 1. The van der Waals surface area contributed by atoms with Crippen LogP contribution in [-0.4, -0.2) is 122 Å². The molecule has 2 amide bonds. The molecule has 1 aromatic carbocycles. The molecule has 3 saturated heterocycles. The van der Waals surface area contributed by atoms with Crippen molar-refractivity contribution in [2.45, 2.75) is 50.3 Å². The molecule has 42 heavy (non-hydrogen) atoms. The van der Waals surface area contributed by atoms with E-state index < -0.39 is 35.0 Å². The standard InChI is InChI=1S/C28H37N5O8S/c1-16-23-22(17(2)34)26(35)32(23)24(27(36)37)25(16)42-21-12-20(13-30-10-8-29(3)9-11-30)31(14-21)28(38)41-15-18-4-6-19(7-5-18)33(39)40/h4-7,16-17,20-23,34H,8-15H2,1-3H3,(H,36,37)/t16-,17-,20+,21+,22-,23-/m1/s1. The fourth-order valence-electron chi connectivity index (χ4n) is 6.48. The minimum Gasteiger partial charge on any atom is -0.477 e. The lowest BCUT2D eigenvalue weighted by Gasteiger charge is -2.46. The molecule has 0 aromatic heterocycles. The van der Waals surface area contributed by atoms with Crippen molar-refractivity contribution >= 4 is 35.4 Å². The van der Waals surface area contributed by atoms with Crippen LogP contribution < -0.4 is 0 Å². The fourth-order valence-corrected chi connectivity index (χ4v) is 8.05. The van der Waals surface area contributed by atoms with Crippen molar-refractivity contribution < 1.29 is 34.3 Å². The summed E-state index contributed by atoms with van der Waals surface area (Å²) in [6.07, 6.45) is -0.734. The van der Waals surface area contributed by atoms with Gasteiger partial charge in [0, 0.05) is 73.5 Å². The van der Waals surface area contributed by atoms with Crippen LogP contribution in [0, 0.1) is 22.0 Å². The number of likely N-dealkylation sites (N-methyl/N-ethyl adjacent to an activating group) is 1. The summed E-state index contributed by atoms with van der Waals surface area (Å²) in [6.45, 7) is 8.04. The van der Waals surface area contributed by atoms with Crippen LogP contribution in [0.1, 0.15) is 25.8 Å². The average Bonchev–Trinajstić information content (AvgIpc) is 3.45. The molecule has 0 radical (unpaired) electrons. The summed E-state index contributed by atoms with van der Waals surface area (Å²) in [7, 11) is 2.08. The number of aliphatic carboxylic acids is 1. The average molecular weight is 604 g/mol. The molecule has 3 fully saturated rings. The third-order valence-electron chi connectivity index (χ3n) is 8.79. The van der Waals surface area contributed by atoms with Gasteiger partial charge < -0.3 is 29.6 Å². The number of non-ortho nitro benzene ring substituents is 1. The normalized spacial score (nSPS) is 29.0. The second kappa shape index (κ2) is 12.2. The monoisotopic (exact) mass is 603 g/mol. The molecule has 2 N–H and O–H groups in total. The van der Waals surface area contributed by atoms with Crippen LogP contribution in [0.15, 0.2) is 34.9 Å². The summed E-state index contributed by atoms with van der Waals surface area (Å²) < 4.78 is 5.64. The van der Waals surface area contributed by atoms with Crippen LogP contribution in [0.5, 0.6) is 0 Å². The van der Waals surface area contributed by atoms with E-state index in [-0.39, 0.29) is 41.1 Å². The summed E-state index contributed by atoms with van der Waals surface area (Å²) >= 11 is 1.41. The number of carboxylic acid groups (broad SMARTS) is 1. The van der Waals surface area contributed by atoms with E-state index in [9.17, 15) is 34.7 Å². The molecule has 14 heteroatoms. The first kappa shape index (κ1) is 30.3. The Hall–Kier alpha value is -3.20. The molecule has 5 rings (SSSR count). The van der Waals surface area contributed by atoms with Crippen molar-refractivity contribution in [2.24, 2.45) is 11.8 Å². The van der Waals surface area contributed by atoms with E-state index in [1.165, 1.54) is 28.8 Å². The highest BCUT2D eigenvalue weighted by atomic mass is 32.2. The molecular weight excluding hydrogens is 566 g/mol. The number of rotatable bonds is 9. The third kappa shape index (κ3) is 5.85. The van der Waals surface area contributed by atoms with Gasteiger partial charge in [0.15, 0.2) is 0 Å². The zero-order valence-electron chi connectivity index (χ0n) is 23.9. The molecule has 0 aliphatic carbocycles.